The number of benzene rings is 1. The van der Waals surface area contributed by atoms with Crippen molar-refractivity contribution in [3.05, 3.63) is 29.0 Å². The van der Waals surface area contributed by atoms with E-state index in [2.05, 4.69) is 10.2 Å². The van der Waals surface area contributed by atoms with Crippen LogP contribution in [0.3, 0.4) is 0 Å². The van der Waals surface area contributed by atoms with Crippen LogP contribution >= 0.6 is 11.6 Å². The van der Waals surface area contributed by atoms with Crippen LogP contribution in [0, 0.1) is 5.82 Å². The fraction of sp³-hybridized carbons (Fsp3) is 0.538. The normalized spacial score (nSPS) is 22.2. The topological polar surface area (TPSA) is 52.7 Å². The Labute approximate surface area is 128 Å². The maximum absolute atomic E-state index is 13.3. The fourth-order valence-corrected chi connectivity index (χ4v) is 4.56. The lowest BCUT2D eigenvalue weighted by Gasteiger charge is -2.42. The lowest BCUT2D eigenvalue weighted by Crippen LogP contribution is -2.62. The minimum absolute atomic E-state index is 0.0574. The lowest BCUT2D eigenvalue weighted by atomic mass is 10.1. The molecule has 2 aliphatic heterocycles. The summed E-state index contributed by atoms with van der Waals surface area (Å²) in [6.07, 6.45) is 0. The zero-order valence-corrected chi connectivity index (χ0v) is 13.0. The summed E-state index contributed by atoms with van der Waals surface area (Å²) in [6, 6.07) is 3.93. The Morgan fingerprint density at radius 3 is 2.43 bits per heavy atom. The molecule has 1 aromatic carbocycles. The van der Waals surface area contributed by atoms with Gasteiger partial charge < -0.3 is 5.32 Å². The Morgan fingerprint density at radius 2 is 1.86 bits per heavy atom. The molecule has 0 amide bonds. The van der Waals surface area contributed by atoms with Crippen molar-refractivity contribution in [1.29, 1.82) is 0 Å². The summed E-state index contributed by atoms with van der Waals surface area (Å²) in [5, 5.41) is 3.26. The average molecular weight is 334 g/mol. The van der Waals surface area contributed by atoms with Crippen LogP contribution in [0.25, 0.3) is 0 Å². The first kappa shape index (κ1) is 15.2. The van der Waals surface area contributed by atoms with E-state index in [1.54, 1.807) is 0 Å². The highest BCUT2D eigenvalue weighted by Crippen LogP contribution is 2.26. The Morgan fingerprint density at radius 1 is 1.19 bits per heavy atom. The van der Waals surface area contributed by atoms with Gasteiger partial charge in [0.15, 0.2) is 0 Å². The van der Waals surface area contributed by atoms with Gasteiger partial charge in [-0.05, 0) is 18.2 Å². The van der Waals surface area contributed by atoms with E-state index in [9.17, 15) is 12.8 Å². The van der Waals surface area contributed by atoms with Gasteiger partial charge in [0, 0.05) is 45.3 Å². The van der Waals surface area contributed by atoms with Gasteiger partial charge in [-0.3, -0.25) is 4.90 Å². The van der Waals surface area contributed by atoms with Crippen LogP contribution in [-0.4, -0.2) is 62.9 Å². The molecule has 1 aromatic rings. The molecule has 0 atom stereocenters. The van der Waals surface area contributed by atoms with Gasteiger partial charge in [0.2, 0.25) is 10.0 Å². The van der Waals surface area contributed by atoms with Gasteiger partial charge in [0.25, 0.3) is 0 Å². The van der Waals surface area contributed by atoms with Gasteiger partial charge in [-0.15, -0.1) is 0 Å². The van der Waals surface area contributed by atoms with Gasteiger partial charge in [0.05, 0.1) is 5.02 Å². The van der Waals surface area contributed by atoms with E-state index < -0.39 is 15.8 Å². The van der Waals surface area contributed by atoms with E-state index in [1.165, 1.54) is 10.4 Å². The third kappa shape index (κ3) is 2.93. The first-order valence-corrected chi connectivity index (χ1v) is 8.70. The molecule has 0 spiro atoms. The molecule has 0 unspecified atom stereocenters. The van der Waals surface area contributed by atoms with E-state index in [4.69, 9.17) is 11.6 Å². The van der Waals surface area contributed by atoms with E-state index in [1.807, 2.05) is 0 Å². The molecule has 2 saturated heterocycles. The molecule has 21 heavy (non-hydrogen) atoms. The zero-order chi connectivity index (χ0) is 15.0. The van der Waals surface area contributed by atoms with Crippen molar-refractivity contribution in [2.45, 2.75) is 10.9 Å². The van der Waals surface area contributed by atoms with E-state index in [0.717, 1.165) is 25.2 Å². The van der Waals surface area contributed by atoms with Crippen molar-refractivity contribution in [3.8, 4) is 0 Å². The molecule has 8 heteroatoms. The summed E-state index contributed by atoms with van der Waals surface area (Å²) in [4.78, 5) is 2.14. The van der Waals surface area contributed by atoms with Crippen LogP contribution in [0.5, 0.6) is 0 Å². The highest BCUT2D eigenvalue weighted by Gasteiger charge is 2.33. The molecule has 0 aliphatic carbocycles. The predicted octanol–water partition coefficient (Wildman–Crippen LogP) is 0.757. The minimum Gasteiger partial charge on any atom is -0.314 e. The van der Waals surface area contributed by atoms with Crippen LogP contribution in [-0.2, 0) is 10.0 Å². The van der Waals surface area contributed by atoms with Crippen molar-refractivity contribution in [3.63, 3.8) is 0 Å². The average Bonchev–Trinajstić information content (AvgIpc) is 2.40. The summed E-state index contributed by atoms with van der Waals surface area (Å²) in [7, 11) is -3.73. The molecule has 2 heterocycles. The monoisotopic (exact) mass is 333 g/mol. The molecule has 3 rings (SSSR count). The van der Waals surface area contributed by atoms with E-state index in [0.29, 0.717) is 32.2 Å². The van der Waals surface area contributed by atoms with Crippen LogP contribution in [0.2, 0.25) is 5.02 Å². The highest BCUT2D eigenvalue weighted by atomic mass is 35.5. The smallest absolute Gasteiger partial charge is 0.244 e. The standard InChI is InChI=1S/C13H17ClFN3O2S/c14-12-2-1-10(15)7-13(12)21(19,20)18-5-3-17(4-6-18)11-8-16-9-11/h1-2,7,11,16H,3-6,8-9H2. The largest absolute Gasteiger partial charge is 0.314 e. The number of halogens is 2. The van der Waals surface area contributed by atoms with Crippen molar-refractivity contribution in [2.24, 2.45) is 0 Å². The third-order valence-corrected chi connectivity index (χ3v) is 6.44. The van der Waals surface area contributed by atoms with Crippen molar-refractivity contribution in [2.75, 3.05) is 39.3 Å². The number of hydrogen-bond acceptors (Lipinski definition) is 4. The predicted molar refractivity (Wildman–Crippen MR) is 78.4 cm³/mol. The second-order valence-electron chi connectivity index (χ2n) is 5.33. The maximum Gasteiger partial charge on any atom is 0.244 e. The molecule has 2 fully saturated rings. The molecule has 2 aliphatic rings. The van der Waals surface area contributed by atoms with Gasteiger partial charge in [-0.2, -0.15) is 4.31 Å². The zero-order valence-electron chi connectivity index (χ0n) is 11.4. The highest BCUT2D eigenvalue weighted by molar-refractivity contribution is 7.89. The summed E-state index contributed by atoms with van der Waals surface area (Å²) >= 11 is 5.92. The number of piperazine rings is 1. The molecule has 0 saturated carbocycles. The van der Waals surface area contributed by atoms with Crippen LogP contribution in [0.1, 0.15) is 0 Å². The lowest BCUT2D eigenvalue weighted by molar-refractivity contribution is 0.103. The summed E-state index contributed by atoms with van der Waals surface area (Å²) < 4.78 is 39.8. The molecule has 116 valence electrons. The second kappa shape index (κ2) is 5.81. The van der Waals surface area contributed by atoms with E-state index in [-0.39, 0.29) is 9.92 Å². The van der Waals surface area contributed by atoms with Gasteiger partial charge in [0.1, 0.15) is 10.7 Å². The summed E-state index contributed by atoms with van der Waals surface area (Å²) in [6.45, 7) is 4.12. The number of nitrogens with one attached hydrogen (secondary N) is 1. The van der Waals surface area contributed by atoms with Crippen LogP contribution in [0.15, 0.2) is 23.1 Å². The second-order valence-corrected chi connectivity index (χ2v) is 7.64. The van der Waals surface area contributed by atoms with Crippen molar-refractivity contribution < 1.29 is 12.8 Å². The fourth-order valence-electron chi connectivity index (χ4n) is 2.65. The number of rotatable bonds is 3. The van der Waals surface area contributed by atoms with Crippen LogP contribution in [0.4, 0.5) is 4.39 Å². The Kier molecular flexibility index (Phi) is 4.20. The van der Waals surface area contributed by atoms with Gasteiger partial charge >= 0.3 is 0 Å². The van der Waals surface area contributed by atoms with Crippen LogP contribution < -0.4 is 5.32 Å². The van der Waals surface area contributed by atoms with Gasteiger partial charge in [-0.1, -0.05) is 11.6 Å². The molecule has 0 aromatic heterocycles. The molecule has 0 bridgehead atoms. The molecule has 0 radical (unpaired) electrons. The van der Waals surface area contributed by atoms with Crippen molar-refractivity contribution in [1.82, 2.24) is 14.5 Å². The maximum atomic E-state index is 13.3. The number of sulfonamides is 1. The third-order valence-electron chi connectivity index (χ3n) is 4.06. The minimum atomic E-state index is -3.73. The molecular weight excluding hydrogens is 317 g/mol. The van der Waals surface area contributed by atoms with E-state index >= 15 is 0 Å². The Hall–Kier alpha value is -0.730. The summed E-state index contributed by atoms with van der Waals surface area (Å²) in [5.41, 5.74) is 0. The quantitative estimate of drug-likeness (QED) is 0.887. The number of hydrogen-bond donors (Lipinski definition) is 1. The molecule has 1 N–H and O–H groups in total. The SMILES string of the molecule is O=S(=O)(c1cc(F)ccc1Cl)N1CCN(C2CNC2)CC1. The summed E-state index contributed by atoms with van der Waals surface area (Å²) in [5.74, 6) is -0.600. The first-order chi connectivity index (χ1) is 9.98. The van der Waals surface area contributed by atoms with Crippen molar-refractivity contribution >= 4 is 21.6 Å². The Balaban J connectivity index is 1.75. The number of nitrogens with zero attached hydrogens (tertiary/aromatic N) is 2. The first-order valence-electron chi connectivity index (χ1n) is 6.88. The molecule has 5 nitrogen and oxygen atoms in total. The Bertz CT molecular complexity index is 628. The van der Waals surface area contributed by atoms with Gasteiger partial charge in [-0.25, -0.2) is 12.8 Å². The molecular formula is C13H17ClFN3O2S.